The summed E-state index contributed by atoms with van der Waals surface area (Å²) in [5.74, 6) is -0.254. The third kappa shape index (κ3) is 3.72. The molecule has 1 unspecified atom stereocenters. The molecule has 1 aromatic heterocycles. The lowest BCUT2D eigenvalue weighted by molar-refractivity contribution is -0.888. The molecule has 8 nitrogen and oxygen atoms in total. The van der Waals surface area contributed by atoms with Gasteiger partial charge < -0.3 is 29.6 Å². The van der Waals surface area contributed by atoms with Gasteiger partial charge in [-0.05, 0) is 29.2 Å². The van der Waals surface area contributed by atoms with Crippen molar-refractivity contribution in [1.29, 1.82) is 0 Å². The van der Waals surface area contributed by atoms with Gasteiger partial charge in [0.25, 0.3) is 0 Å². The van der Waals surface area contributed by atoms with Crippen LogP contribution in [0.4, 0.5) is 5.82 Å². The summed E-state index contributed by atoms with van der Waals surface area (Å²) < 4.78 is 1.08. The number of nitrogens with zero attached hydrogens (tertiary/aromatic N) is 4. The largest absolute Gasteiger partial charge is 0.633 e. The minimum absolute atomic E-state index is 0.131. The molecule has 1 aliphatic heterocycles. The standard InChI is InChI=1S/C11H18N4O4/c16-10(8-15(19)4-2-1-3-5-15)6-13-7-11(12-9-13)14(17)18/h7,9-10,16H,1-6,8H2. The highest BCUT2D eigenvalue weighted by atomic mass is 16.6. The van der Waals surface area contributed by atoms with Crippen LogP contribution in [0.25, 0.3) is 0 Å². The van der Waals surface area contributed by atoms with Crippen LogP contribution in [0.1, 0.15) is 19.3 Å². The van der Waals surface area contributed by atoms with E-state index in [4.69, 9.17) is 0 Å². The van der Waals surface area contributed by atoms with Crippen molar-refractivity contribution in [1.82, 2.24) is 9.55 Å². The number of aliphatic hydroxyl groups is 1. The second kappa shape index (κ2) is 5.64. The number of aliphatic hydroxyl groups excluding tert-OH is 1. The Kier molecular flexibility index (Phi) is 4.13. The number of rotatable bonds is 5. The van der Waals surface area contributed by atoms with Gasteiger partial charge in [0.2, 0.25) is 6.33 Å². The van der Waals surface area contributed by atoms with E-state index < -0.39 is 11.0 Å². The maximum Gasteiger partial charge on any atom is 0.381 e. The summed E-state index contributed by atoms with van der Waals surface area (Å²) in [6.45, 7) is 1.37. The van der Waals surface area contributed by atoms with Crippen molar-refractivity contribution in [3.8, 4) is 0 Å². The Labute approximate surface area is 110 Å². The second-order valence-electron chi connectivity index (χ2n) is 5.09. The van der Waals surface area contributed by atoms with Gasteiger partial charge in [0.15, 0.2) is 0 Å². The summed E-state index contributed by atoms with van der Waals surface area (Å²) in [5.41, 5.74) is 0. The molecule has 2 heterocycles. The Balaban J connectivity index is 1.89. The fraction of sp³-hybridized carbons (Fsp3) is 0.727. The molecule has 1 aliphatic rings. The monoisotopic (exact) mass is 270 g/mol. The first-order valence-corrected chi connectivity index (χ1v) is 6.40. The van der Waals surface area contributed by atoms with Crippen LogP contribution in [0.15, 0.2) is 12.5 Å². The minimum Gasteiger partial charge on any atom is -0.633 e. The van der Waals surface area contributed by atoms with Gasteiger partial charge in [0.05, 0.1) is 19.6 Å². The first kappa shape index (κ1) is 13.9. The van der Waals surface area contributed by atoms with E-state index in [1.807, 2.05) is 0 Å². The van der Waals surface area contributed by atoms with E-state index in [9.17, 15) is 20.4 Å². The summed E-state index contributed by atoms with van der Waals surface area (Å²) in [4.78, 5) is 13.5. The maximum absolute atomic E-state index is 12.3. The summed E-state index contributed by atoms with van der Waals surface area (Å²) in [7, 11) is 0. The molecule has 1 atom stereocenters. The fourth-order valence-corrected chi connectivity index (χ4v) is 2.50. The third-order valence-corrected chi connectivity index (χ3v) is 3.40. The van der Waals surface area contributed by atoms with Crippen molar-refractivity contribution >= 4 is 5.82 Å². The van der Waals surface area contributed by atoms with Crippen LogP contribution in [-0.4, -0.2) is 50.0 Å². The Morgan fingerprint density at radius 2 is 2.16 bits per heavy atom. The number of quaternary nitrogens is 1. The van der Waals surface area contributed by atoms with Gasteiger partial charge in [-0.15, -0.1) is 0 Å². The molecule has 0 amide bonds. The van der Waals surface area contributed by atoms with E-state index >= 15 is 0 Å². The number of hydrogen-bond donors (Lipinski definition) is 1. The highest BCUT2D eigenvalue weighted by molar-refractivity contribution is 5.12. The van der Waals surface area contributed by atoms with Crippen LogP contribution >= 0.6 is 0 Å². The number of nitro groups is 1. The van der Waals surface area contributed by atoms with Gasteiger partial charge >= 0.3 is 5.82 Å². The Morgan fingerprint density at radius 1 is 1.47 bits per heavy atom. The summed E-state index contributed by atoms with van der Waals surface area (Å²) in [5, 5.41) is 32.7. The molecular weight excluding hydrogens is 252 g/mol. The van der Waals surface area contributed by atoms with Crippen LogP contribution < -0.4 is 0 Å². The zero-order valence-corrected chi connectivity index (χ0v) is 10.6. The Hall–Kier alpha value is -1.51. The quantitative estimate of drug-likeness (QED) is 0.366. The number of hydrogen-bond acceptors (Lipinski definition) is 5. The van der Waals surface area contributed by atoms with Gasteiger partial charge in [-0.1, -0.05) is 0 Å². The van der Waals surface area contributed by atoms with Crippen molar-refractivity contribution in [2.45, 2.75) is 31.9 Å². The fourth-order valence-electron chi connectivity index (χ4n) is 2.50. The molecule has 1 saturated heterocycles. The van der Waals surface area contributed by atoms with E-state index in [1.54, 1.807) is 0 Å². The molecular formula is C11H18N4O4. The van der Waals surface area contributed by atoms with Crippen LogP contribution in [0, 0.1) is 15.3 Å². The van der Waals surface area contributed by atoms with Crippen molar-refractivity contribution in [2.75, 3.05) is 19.6 Å². The van der Waals surface area contributed by atoms with Crippen LogP contribution in [-0.2, 0) is 6.54 Å². The highest BCUT2D eigenvalue weighted by Gasteiger charge is 2.25. The molecule has 1 aromatic rings. The van der Waals surface area contributed by atoms with Crippen molar-refractivity contribution in [2.24, 2.45) is 0 Å². The lowest BCUT2D eigenvalue weighted by atomic mass is 10.1. The predicted molar refractivity (Wildman–Crippen MR) is 67.0 cm³/mol. The normalized spacial score (nSPS) is 20.1. The molecule has 1 N–H and O–H groups in total. The number of aromatic nitrogens is 2. The maximum atomic E-state index is 12.3. The average Bonchev–Trinajstić information content (AvgIpc) is 2.77. The first-order valence-electron chi connectivity index (χ1n) is 6.40. The van der Waals surface area contributed by atoms with Gasteiger partial charge in [-0.3, -0.25) is 0 Å². The Morgan fingerprint density at radius 3 is 2.74 bits per heavy atom. The highest BCUT2D eigenvalue weighted by Crippen LogP contribution is 2.18. The van der Waals surface area contributed by atoms with E-state index in [0.717, 1.165) is 19.3 Å². The minimum atomic E-state index is -0.815. The van der Waals surface area contributed by atoms with Crippen LogP contribution in [0.5, 0.6) is 0 Å². The predicted octanol–water partition coefficient (Wildman–Crippen LogP) is 0.651. The molecule has 19 heavy (non-hydrogen) atoms. The number of piperidine rings is 1. The van der Waals surface area contributed by atoms with Gasteiger partial charge in [-0.2, -0.15) is 0 Å². The Bertz CT molecular complexity index is 442. The molecule has 0 spiro atoms. The van der Waals surface area contributed by atoms with E-state index in [2.05, 4.69) is 4.98 Å². The lowest BCUT2D eigenvalue weighted by Gasteiger charge is -2.46. The molecule has 0 aliphatic carbocycles. The molecule has 106 valence electrons. The van der Waals surface area contributed by atoms with Gasteiger partial charge in [-0.25, -0.2) is 0 Å². The number of imidazole rings is 1. The average molecular weight is 270 g/mol. The molecule has 0 saturated carbocycles. The van der Waals surface area contributed by atoms with Gasteiger partial charge in [0.1, 0.15) is 18.8 Å². The topological polar surface area (TPSA) is 104 Å². The number of likely N-dealkylation sites (tertiary alicyclic amines) is 1. The van der Waals surface area contributed by atoms with Crippen molar-refractivity contribution in [3.63, 3.8) is 0 Å². The molecule has 2 rings (SSSR count). The second-order valence-corrected chi connectivity index (χ2v) is 5.09. The van der Waals surface area contributed by atoms with Crippen LogP contribution in [0.3, 0.4) is 0 Å². The third-order valence-electron chi connectivity index (χ3n) is 3.40. The van der Waals surface area contributed by atoms with Crippen molar-refractivity contribution < 1.29 is 14.7 Å². The molecule has 0 radical (unpaired) electrons. The molecule has 8 heteroatoms. The number of hydroxylamine groups is 3. The van der Waals surface area contributed by atoms with Crippen LogP contribution in [0.2, 0.25) is 0 Å². The summed E-state index contributed by atoms with van der Waals surface area (Å²) >= 11 is 0. The summed E-state index contributed by atoms with van der Waals surface area (Å²) in [6, 6.07) is 0. The SMILES string of the molecule is O=[N+]([O-])c1cn(CC(O)C[N+]2([O-])CCCCC2)cn1. The van der Waals surface area contributed by atoms with Crippen molar-refractivity contribution in [3.05, 3.63) is 27.8 Å². The smallest absolute Gasteiger partial charge is 0.381 e. The zero-order chi connectivity index (χ0) is 13.9. The zero-order valence-electron chi connectivity index (χ0n) is 10.6. The summed E-state index contributed by atoms with van der Waals surface area (Å²) in [6.07, 6.45) is 4.61. The lowest BCUT2D eigenvalue weighted by Crippen LogP contribution is -2.51. The van der Waals surface area contributed by atoms with E-state index in [0.29, 0.717) is 13.1 Å². The molecule has 1 fully saturated rings. The van der Waals surface area contributed by atoms with E-state index in [1.165, 1.54) is 17.1 Å². The van der Waals surface area contributed by atoms with Gasteiger partial charge in [0, 0.05) is 0 Å². The van der Waals surface area contributed by atoms with E-state index in [-0.39, 0.29) is 23.6 Å². The molecule has 0 bridgehead atoms. The first-order chi connectivity index (χ1) is 8.98. The molecule has 0 aromatic carbocycles.